The van der Waals surface area contributed by atoms with Crippen LogP contribution >= 0.6 is 0 Å². The van der Waals surface area contributed by atoms with Gasteiger partial charge in [-0.2, -0.15) is 0 Å². The molecule has 23 heavy (non-hydrogen) atoms. The van der Waals surface area contributed by atoms with Crippen molar-refractivity contribution in [3.8, 4) is 5.75 Å². The van der Waals surface area contributed by atoms with Crippen molar-refractivity contribution >= 4 is 16.9 Å². The van der Waals surface area contributed by atoms with E-state index in [1.807, 2.05) is 13.0 Å². The Hall–Kier alpha value is -2.30. The molecule has 0 amide bonds. The molecule has 5 nitrogen and oxygen atoms in total. The Morgan fingerprint density at radius 3 is 2.65 bits per heavy atom. The molecule has 1 aliphatic rings. The maximum absolute atomic E-state index is 12.2. The summed E-state index contributed by atoms with van der Waals surface area (Å²) in [4.78, 5) is 23.1. The van der Waals surface area contributed by atoms with Gasteiger partial charge in [-0.3, -0.25) is 0 Å². The molecule has 1 aromatic carbocycles. The lowest BCUT2D eigenvalue weighted by atomic mass is 9.90. The zero-order valence-electron chi connectivity index (χ0n) is 13.3. The smallest absolute Gasteiger partial charge is 0.339 e. The van der Waals surface area contributed by atoms with Crippen LogP contribution in [0, 0.1) is 0 Å². The van der Waals surface area contributed by atoms with E-state index in [4.69, 9.17) is 9.15 Å². The third kappa shape index (κ3) is 2.83. The van der Waals surface area contributed by atoms with Gasteiger partial charge in [0.2, 0.25) is 0 Å². The Bertz CT molecular complexity index is 818. The van der Waals surface area contributed by atoms with Crippen molar-refractivity contribution in [3.05, 3.63) is 39.2 Å². The number of carbonyl (C=O) groups excluding carboxylic acids is 1. The van der Waals surface area contributed by atoms with Crippen molar-refractivity contribution in [2.75, 3.05) is 0 Å². The van der Waals surface area contributed by atoms with Crippen molar-refractivity contribution < 1.29 is 19.1 Å². The fourth-order valence-corrected chi connectivity index (χ4v) is 3.14. The zero-order valence-corrected chi connectivity index (χ0v) is 13.3. The second-order valence-corrected chi connectivity index (χ2v) is 5.94. The van der Waals surface area contributed by atoms with Gasteiger partial charge in [0.15, 0.2) is 0 Å². The molecule has 1 aromatic heterocycles. The highest BCUT2D eigenvalue weighted by Gasteiger charge is 2.20. The van der Waals surface area contributed by atoms with Gasteiger partial charge < -0.3 is 19.1 Å². The number of aryl methyl sites for hydroxylation is 2. The molecular weight excluding hydrogens is 296 g/mol. The molecule has 2 aromatic rings. The summed E-state index contributed by atoms with van der Waals surface area (Å²) < 4.78 is 10.9. The van der Waals surface area contributed by atoms with E-state index in [9.17, 15) is 14.7 Å². The molecule has 0 fully saturated rings. The number of carbonyl (C=O) groups is 1. The summed E-state index contributed by atoms with van der Waals surface area (Å²) in [5.74, 6) is -0.852. The van der Waals surface area contributed by atoms with Gasteiger partial charge in [0.25, 0.3) is 0 Å². The second kappa shape index (κ2) is 6.07. The molecule has 1 atom stereocenters. The summed E-state index contributed by atoms with van der Waals surface area (Å²) in [6.07, 6.45) is 3.33. The average Bonchev–Trinajstić information content (AvgIpc) is 2.54. The van der Waals surface area contributed by atoms with Crippen LogP contribution in [0.15, 0.2) is 21.3 Å². The molecule has 122 valence electrons. The van der Waals surface area contributed by atoms with Crippen LogP contribution in [0.5, 0.6) is 5.75 Å². The summed E-state index contributed by atoms with van der Waals surface area (Å²) >= 11 is 0. The van der Waals surface area contributed by atoms with E-state index in [0.717, 1.165) is 47.8 Å². The highest BCUT2D eigenvalue weighted by atomic mass is 16.5. The predicted octanol–water partition coefficient (Wildman–Crippen LogP) is 1.75. The molecule has 0 spiro atoms. The molecule has 0 bridgehead atoms. The highest BCUT2D eigenvalue weighted by molar-refractivity contribution is 5.84. The Labute approximate surface area is 133 Å². The number of carboxylic acid groups (broad SMARTS) is 1. The van der Waals surface area contributed by atoms with E-state index >= 15 is 0 Å². The normalized spacial score (nSPS) is 15.2. The van der Waals surface area contributed by atoms with Gasteiger partial charge in [-0.25, -0.2) is 4.79 Å². The predicted molar refractivity (Wildman–Crippen MR) is 83.6 cm³/mol. The third-order valence-corrected chi connectivity index (χ3v) is 4.42. The Morgan fingerprint density at radius 2 is 2.00 bits per heavy atom. The lowest BCUT2D eigenvalue weighted by Gasteiger charge is -2.20. The number of hydrogen-bond acceptors (Lipinski definition) is 5. The molecule has 0 aliphatic heterocycles. The molecule has 3 rings (SSSR count). The number of carboxylic acids is 1. The molecule has 1 heterocycles. The van der Waals surface area contributed by atoms with Crippen molar-refractivity contribution in [2.24, 2.45) is 0 Å². The van der Waals surface area contributed by atoms with Crippen molar-refractivity contribution in [3.63, 3.8) is 0 Å². The lowest BCUT2D eigenvalue weighted by molar-refractivity contribution is -0.312. The first-order valence-electron chi connectivity index (χ1n) is 8.00. The summed E-state index contributed by atoms with van der Waals surface area (Å²) in [6, 6.07) is 3.59. The SMILES string of the molecule is CCc1cc2c3c(c(=O)oc2cc1O[C@@H](C)C(=O)[O-])CCCC3. The molecule has 0 unspecified atom stereocenters. The van der Waals surface area contributed by atoms with E-state index in [1.165, 1.54) is 6.92 Å². The highest BCUT2D eigenvalue weighted by Crippen LogP contribution is 2.32. The number of benzene rings is 1. The Kier molecular flexibility index (Phi) is 4.11. The van der Waals surface area contributed by atoms with Crippen LogP contribution < -0.4 is 15.5 Å². The Balaban J connectivity index is 2.17. The van der Waals surface area contributed by atoms with Crippen LogP contribution in [-0.2, 0) is 24.1 Å². The van der Waals surface area contributed by atoms with Gasteiger partial charge in [0.05, 0.1) is 5.97 Å². The number of aliphatic carboxylic acids is 1. The van der Waals surface area contributed by atoms with E-state index in [2.05, 4.69) is 0 Å². The standard InChI is InChI=1S/C18H20O5/c1-3-11-8-14-12-6-4-5-7-13(12)18(21)23-16(14)9-15(11)22-10(2)17(19)20/h8-10H,3-7H2,1-2H3,(H,19,20)/p-1/t10-/m0/s1. The zero-order chi connectivity index (χ0) is 16.6. The molecule has 0 saturated carbocycles. The summed E-state index contributed by atoms with van der Waals surface area (Å²) in [5.41, 5.74) is 2.90. The number of hydrogen-bond donors (Lipinski definition) is 0. The van der Waals surface area contributed by atoms with Crippen molar-refractivity contribution in [1.82, 2.24) is 0 Å². The van der Waals surface area contributed by atoms with E-state index in [1.54, 1.807) is 6.07 Å². The molecule has 0 radical (unpaired) electrons. The Morgan fingerprint density at radius 1 is 1.30 bits per heavy atom. The molecule has 5 heteroatoms. The fourth-order valence-electron chi connectivity index (χ4n) is 3.14. The van der Waals surface area contributed by atoms with Crippen molar-refractivity contribution in [1.29, 1.82) is 0 Å². The van der Waals surface area contributed by atoms with Crippen LogP contribution in [0.2, 0.25) is 0 Å². The van der Waals surface area contributed by atoms with Crippen LogP contribution in [0.1, 0.15) is 43.4 Å². The van der Waals surface area contributed by atoms with Crippen molar-refractivity contribution in [2.45, 2.75) is 52.1 Å². The molecular formula is C18H19O5-. The largest absolute Gasteiger partial charge is 0.546 e. The van der Waals surface area contributed by atoms with Gasteiger partial charge in [0.1, 0.15) is 17.4 Å². The number of rotatable bonds is 4. The van der Waals surface area contributed by atoms with E-state index < -0.39 is 12.1 Å². The lowest BCUT2D eigenvalue weighted by Crippen LogP contribution is -2.37. The minimum atomic E-state index is -1.28. The first-order chi connectivity index (χ1) is 11.0. The fraction of sp³-hybridized carbons (Fsp3) is 0.444. The van der Waals surface area contributed by atoms with Gasteiger partial charge in [0, 0.05) is 17.0 Å². The number of ether oxygens (including phenoxy) is 1. The second-order valence-electron chi connectivity index (χ2n) is 5.94. The topological polar surface area (TPSA) is 79.6 Å². The van der Waals surface area contributed by atoms with Crippen LogP contribution in [0.3, 0.4) is 0 Å². The average molecular weight is 315 g/mol. The van der Waals surface area contributed by atoms with Crippen LogP contribution in [0.4, 0.5) is 0 Å². The van der Waals surface area contributed by atoms with Crippen LogP contribution in [0.25, 0.3) is 11.0 Å². The first-order valence-corrected chi connectivity index (χ1v) is 8.00. The molecule has 0 N–H and O–H groups in total. The summed E-state index contributed by atoms with van der Waals surface area (Å²) in [5, 5.41) is 11.8. The van der Waals surface area contributed by atoms with E-state index in [-0.39, 0.29) is 5.63 Å². The third-order valence-electron chi connectivity index (χ3n) is 4.42. The maximum Gasteiger partial charge on any atom is 0.339 e. The van der Waals surface area contributed by atoms with Gasteiger partial charge >= 0.3 is 5.63 Å². The van der Waals surface area contributed by atoms with Gasteiger partial charge in [-0.15, -0.1) is 0 Å². The minimum Gasteiger partial charge on any atom is -0.546 e. The minimum absolute atomic E-state index is 0.296. The molecule has 0 saturated heterocycles. The first kappa shape index (κ1) is 15.6. The summed E-state index contributed by atoms with van der Waals surface area (Å²) in [7, 11) is 0. The van der Waals surface area contributed by atoms with Gasteiger partial charge in [-0.1, -0.05) is 6.92 Å². The molecule has 1 aliphatic carbocycles. The summed E-state index contributed by atoms with van der Waals surface area (Å²) in [6.45, 7) is 3.39. The van der Waals surface area contributed by atoms with Gasteiger partial charge in [-0.05, 0) is 56.2 Å². The number of fused-ring (bicyclic) bond motifs is 3. The van der Waals surface area contributed by atoms with Crippen LogP contribution in [-0.4, -0.2) is 12.1 Å². The maximum atomic E-state index is 12.2. The monoisotopic (exact) mass is 315 g/mol. The van der Waals surface area contributed by atoms with E-state index in [0.29, 0.717) is 17.8 Å². The quantitative estimate of drug-likeness (QED) is 0.803.